The highest BCUT2D eigenvalue weighted by Gasteiger charge is 2.21. The molecule has 0 saturated heterocycles. The Hall–Kier alpha value is -4.58. The van der Waals surface area contributed by atoms with E-state index in [1.807, 2.05) is 32.0 Å². The molecule has 0 saturated carbocycles. The Bertz CT molecular complexity index is 1490. The van der Waals surface area contributed by atoms with E-state index in [1.165, 1.54) is 11.1 Å². The number of nitrogens with one attached hydrogen (secondary N) is 1. The van der Waals surface area contributed by atoms with Crippen molar-refractivity contribution in [3.8, 4) is 11.5 Å². The topological polar surface area (TPSA) is 84.9 Å². The number of ether oxygens (including phenoxy) is 2. The molecule has 2 N–H and O–H groups in total. The van der Waals surface area contributed by atoms with Crippen molar-refractivity contribution in [1.29, 1.82) is 0 Å². The van der Waals surface area contributed by atoms with Crippen molar-refractivity contribution in [2.24, 2.45) is 0 Å². The van der Waals surface area contributed by atoms with Crippen LogP contribution in [0.4, 0.5) is 5.69 Å². The summed E-state index contributed by atoms with van der Waals surface area (Å²) in [6, 6.07) is 28.2. The highest BCUT2D eigenvalue weighted by molar-refractivity contribution is 6.06. The number of carbonyl (C=O) groups is 2. The van der Waals surface area contributed by atoms with E-state index in [4.69, 9.17) is 14.6 Å². The predicted octanol–water partition coefficient (Wildman–Crippen LogP) is 8.87. The molecular weight excluding hydrogens is 550 g/mol. The van der Waals surface area contributed by atoms with Crippen molar-refractivity contribution >= 4 is 17.6 Å². The first-order valence-electron chi connectivity index (χ1n) is 15.5. The number of anilines is 1. The number of carboxylic acid groups (broad SMARTS) is 1. The molecule has 0 bridgehead atoms. The number of carbonyl (C=O) groups excluding carboxylic acids is 1. The molecule has 0 aliphatic rings. The minimum Gasteiger partial charge on any atom is -0.491 e. The van der Waals surface area contributed by atoms with Crippen LogP contribution in [-0.2, 0) is 17.6 Å². The van der Waals surface area contributed by atoms with Crippen molar-refractivity contribution < 1.29 is 24.2 Å². The molecule has 0 aliphatic carbocycles. The summed E-state index contributed by atoms with van der Waals surface area (Å²) in [6.07, 6.45) is 4.38. The van der Waals surface area contributed by atoms with Gasteiger partial charge in [-0.15, -0.1) is 0 Å². The van der Waals surface area contributed by atoms with Crippen molar-refractivity contribution in [1.82, 2.24) is 0 Å². The van der Waals surface area contributed by atoms with E-state index >= 15 is 0 Å². The zero-order valence-electron chi connectivity index (χ0n) is 26.2. The lowest BCUT2D eigenvalue weighted by Gasteiger charge is -2.23. The van der Waals surface area contributed by atoms with Crippen LogP contribution in [0.5, 0.6) is 11.5 Å². The third-order valence-corrected chi connectivity index (χ3v) is 7.80. The van der Waals surface area contributed by atoms with Crippen molar-refractivity contribution in [3.63, 3.8) is 0 Å². The molecule has 0 spiro atoms. The molecular formula is C38H43NO5. The maximum atomic E-state index is 13.4. The fourth-order valence-electron chi connectivity index (χ4n) is 5.21. The van der Waals surface area contributed by atoms with Gasteiger partial charge < -0.3 is 19.9 Å². The van der Waals surface area contributed by atoms with Gasteiger partial charge in [0.1, 0.15) is 17.6 Å². The summed E-state index contributed by atoms with van der Waals surface area (Å²) in [5, 5.41) is 11.8. The van der Waals surface area contributed by atoms with Gasteiger partial charge in [0, 0.05) is 12.0 Å². The molecule has 6 heteroatoms. The molecule has 0 aliphatic heterocycles. The second-order valence-corrected chi connectivity index (χ2v) is 11.1. The monoisotopic (exact) mass is 593 g/mol. The lowest BCUT2D eigenvalue weighted by Crippen LogP contribution is -2.16. The van der Waals surface area contributed by atoms with E-state index in [2.05, 4.69) is 67.7 Å². The second kappa shape index (κ2) is 15.8. The summed E-state index contributed by atoms with van der Waals surface area (Å²) in [5.41, 5.74) is 7.56. The SMILES string of the molecule is CCCc1ccc(C(Oc2ccc(C(=O)Nc3ccccc3OCCCC(=O)O)c(C)c2C)c2ccc(CCC)cc2)cc1. The van der Waals surface area contributed by atoms with Crippen LogP contribution >= 0.6 is 0 Å². The zero-order chi connectivity index (χ0) is 31.5. The number of hydrogen-bond acceptors (Lipinski definition) is 4. The maximum absolute atomic E-state index is 13.4. The number of rotatable bonds is 15. The van der Waals surface area contributed by atoms with E-state index in [1.54, 1.807) is 18.2 Å². The van der Waals surface area contributed by atoms with Crippen LogP contribution in [0.25, 0.3) is 0 Å². The summed E-state index contributed by atoms with van der Waals surface area (Å²) < 4.78 is 12.5. The lowest BCUT2D eigenvalue weighted by molar-refractivity contribution is -0.137. The molecule has 0 fully saturated rings. The quantitative estimate of drug-likeness (QED) is 0.135. The number of hydrogen-bond donors (Lipinski definition) is 2. The van der Waals surface area contributed by atoms with Crippen LogP contribution in [0.3, 0.4) is 0 Å². The number of aliphatic carboxylic acids is 1. The van der Waals surface area contributed by atoms with Crippen LogP contribution in [0, 0.1) is 13.8 Å². The Labute approximate surface area is 261 Å². The summed E-state index contributed by atoms with van der Waals surface area (Å²) in [6.45, 7) is 8.52. The standard InChI is InChI=1S/C38H43NO5/c1-5-10-28-15-19-30(20-16-28)37(31-21-17-29(11-6-2)18-22-31)44-34-24-23-32(26(3)27(34)4)38(42)39-33-12-7-8-13-35(33)43-25-9-14-36(40)41/h7-8,12-13,15-24,37H,5-6,9-11,14,25H2,1-4H3,(H,39,42)(H,40,41). The number of aryl methyl sites for hydroxylation is 2. The van der Waals surface area contributed by atoms with Gasteiger partial charge in [0.15, 0.2) is 0 Å². The maximum Gasteiger partial charge on any atom is 0.303 e. The molecule has 0 unspecified atom stereocenters. The number of para-hydroxylation sites is 2. The first kappa shape index (κ1) is 32.3. The van der Waals surface area contributed by atoms with Gasteiger partial charge in [0.2, 0.25) is 0 Å². The average Bonchev–Trinajstić information content (AvgIpc) is 3.02. The average molecular weight is 594 g/mol. The molecule has 0 heterocycles. The third-order valence-electron chi connectivity index (χ3n) is 7.80. The Morgan fingerprint density at radius 2 is 1.34 bits per heavy atom. The normalized spacial score (nSPS) is 10.9. The van der Waals surface area contributed by atoms with E-state index in [-0.39, 0.29) is 25.0 Å². The van der Waals surface area contributed by atoms with Crippen LogP contribution < -0.4 is 14.8 Å². The van der Waals surface area contributed by atoms with Crippen molar-refractivity contribution in [2.75, 3.05) is 11.9 Å². The molecule has 4 aromatic carbocycles. The predicted molar refractivity (Wildman–Crippen MR) is 176 cm³/mol. The Morgan fingerprint density at radius 1 is 0.750 bits per heavy atom. The molecule has 0 aromatic heterocycles. The second-order valence-electron chi connectivity index (χ2n) is 11.1. The molecule has 230 valence electrons. The smallest absolute Gasteiger partial charge is 0.303 e. The largest absolute Gasteiger partial charge is 0.491 e. The molecule has 4 aromatic rings. The number of carboxylic acids is 1. The Balaban J connectivity index is 1.56. The molecule has 0 radical (unpaired) electrons. The minimum atomic E-state index is -0.866. The Kier molecular flexibility index (Phi) is 11.6. The fraction of sp³-hybridized carbons (Fsp3) is 0.316. The van der Waals surface area contributed by atoms with Crippen LogP contribution in [0.1, 0.15) is 89.4 Å². The molecule has 4 rings (SSSR count). The molecule has 1 amide bonds. The van der Waals surface area contributed by atoms with Gasteiger partial charge in [-0.1, -0.05) is 87.4 Å². The lowest BCUT2D eigenvalue weighted by atomic mass is 9.97. The summed E-state index contributed by atoms with van der Waals surface area (Å²) >= 11 is 0. The van der Waals surface area contributed by atoms with E-state index < -0.39 is 5.97 Å². The van der Waals surface area contributed by atoms with E-state index in [9.17, 15) is 9.59 Å². The minimum absolute atomic E-state index is 0.0244. The fourth-order valence-corrected chi connectivity index (χ4v) is 5.21. The van der Waals surface area contributed by atoms with Crippen LogP contribution in [0.2, 0.25) is 0 Å². The van der Waals surface area contributed by atoms with Gasteiger partial charge in [-0.05, 0) is 90.8 Å². The third kappa shape index (κ3) is 8.50. The van der Waals surface area contributed by atoms with E-state index in [0.717, 1.165) is 53.7 Å². The summed E-state index contributed by atoms with van der Waals surface area (Å²) in [5.74, 6) is 0.0997. The van der Waals surface area contributed by atoms with Gasteiger partial charge in [-0.25, -0.2) is 0 Å². The van der Waals surface area contributed by atoms with Gasteiger partial charge in [-0.3, -0.25) is 9.59 Å². The highest BCUT2D eigenvalue weighted by Crippen LogP contribution is 2.34. The first-order valence-corrected chi connectivity index (χ1v) is 15.5. The van der Waals surface area contributed by atoms with E-state index in [0.29, 0.717) is 23.4 Å². The van der Waals surface area contributed by atoms with Gasteiger partial charge in [-0.2, -0.15) is 0 Å². The number of benzene rings is 4. The molecule has 6 nitrogen and oxygen atoms in total. The highest BCUT2D eigenvalue weighted by atomic mass is 16.5. The summed E-state index contributed by atoms with van der Waals surface area (Å²) in [7, 11) is 0. The van der Waals surface area contributed by atoms with Crippen LogP contribution in [0.15, 0.2) is 84.9 Å². The van der Waals surface area contributed by atoms with Gasteiger partial charge in [0.05, 0.1) is 12.3 Å². The molecule has 44 heavy (non-hydrogen) atoms. The molecule has 0 atom stereocenters. The number of amides is 1. The van der Waals surface area contributed by atoms with Crippen LogP contribution in [-0.4, -0.2) is 23.6 Å². The summed E-state index contributed by atoms with van der Waals surface area (Å²) in [4.78, 5) is 24.2. The first-order chi connectivity index (χ1) is 21.3. The van der Waals surface area contributed by atoms with Crippen molar-refractivity contribution in [3.05, 3.63) is 124 Å². The zero-order valence-corrected chi connectivity index (χ0v) is 26.2. The van der Waals surface area contributed by atoms with Crippen molar-refractivity contribution in [2.45, 2.75) is 72.3 Å². The van der Waals surface area contributed by atoms with Gasteiger partial charge in [0.25, 0.3) is 5.91 Å². The van der Waals surface area contributed by atoms with Gasteiger partial charge >= 0.3 is 5.97 Å². The Morgan fingerprint density at radius 3 is 1.91 bits per heavy atom.